The zero-order chi connectivity index (χ0) is 12.5. The Balaban J connectivity index is 1.70. The van der Waals surface area contributed by atoms with Crippen molar-refractivity contribution in [3.05, 3.63) is 42.2 Å². The highest BCUT2D eigenvalue weighted by Crippen LogP contribution is 2.38. The number of fused-ring (bicyclic) bond motifs is 1. The summed E-state index contributed by atoms with van der Waals surface area (Å²) in [6, 6.07) is 6.61. The van der Waals surface area contributed by atoms with Crippen LogP contribution in [0.4, 0.5) is 0 Å². The molecule has 2 aromatic rings. The fraction of sp³-hybridized carbons (Fsp3) is 0.385. The molecule has 3 rings (SSSR count). The molecule has 1 unspecified atom stereocenters. The Kier molecular flexibility index (Phi) is 3.97. The molecule has 96 valence electrons. The van der Waals surface area contributed by atoms with E-state index < -0.39 is 0 Å². The highest BCUT2D eigenvalue weighted by molar-refractivity contribution is 7.16. The van der Waals surface area contributed by atoms with Gasteiger partial charge in [0.2, 0.25) is 0 Å². The highest BCUT2D eigenvalue weighted by atomic mass is 35.5. The van der Waals surface area contributed by atoms with Crippen LogP contribution in [0.5, 0.6) is 0 Å². The smallest absolute Gasteiger partial charge is 0.0934 e. The van der Waals surface area contributed by atoms with Crippen LogP contribution in [-0.2, 0) is 13.0 Å². The van der Waals surface area contributed by atoms with E-state index in [2.05, 4.69) is 17.4 Å². The number of nitrogens with one attached hydrogen (secondary N) is 1. The van der Waals surface area contributed by atoms with E-state index in [9.17, 15) is 0 Å². The fourth-order valence-electron chi connectivity index (χ4n) is 2.40. The molecule has 1 aliphatic rings. The van der Waals surface area contributed by atoms with Gasteiger partial charge in [0, 0.05) is 22.3 Å². The second-order valence-corrected chi connectivity index (χ2v) is 8.03. The number of rotatable bonds is 3. The van der Waals surface area contributed by atoms with Gasteiger partial charge in [-0.1, -0.05) is 23.2 Å². The first-order valence-electron chi connectivity index (χ1n) is 5.98. The second-order valence-electron chi connectivity index (χ2n) is 4.46. The van der Waals surface area contributed by atoms with Crippen molar-refractivity contribution in [1.82, 2.24) is 5.32 Å². The van der Waals surface area contributed by atoms with Crippen molar-refractivity contribution in [2.24, 2.45) is 0 Å². The zero-order valence-electron chi connectivity index (χ0n) is 9.71. The minimum atomic E-state index is 0.443. The second kappa shape index (κ2) is 5.51. The van der Waals surface area contributed by atoms with Gasteiger partial charge >= 0.3 is 0 Å². The maximum atomic E-state index is 6.11. The Morgan fingerprint density at radius 3 is 2.89 bits per heavy atom. The van der Waals surface area contributed by atoms with Crippen molar-refractivity contribution in [2.75, 3.05) is 0 Å². The van der Waals surface area contributed by atoms with Gasteiger partial charge in [0.25, 0.3) is 0 Å². The molecule has 1 atom stereocenters. The van der Waals surface area contributed by atoms with Crippen molar-refractivity contribution in [1.29, 1.82) is 0 Å². The summed E-state index contributed by atoms with van der Waals surface area (Å²) in [7, 11) is 0. The normalized spacial score (nSPS) is 18.9. The van der Waals surface area contributed by atoms with Gasteiger partial charge in [-0.05, 0) is 43.0 Å². The molecular formula is C13H13Cl2NS2. The van der Waals surface area contributed by atoms with Crippen LogP contribution >= 0.6 is 45.9 Å². The average Bonchev–Trinajstić information content (AvgIpc) is 2.91. The molecule has 0 bridgehead atoms. The van der Waals surface area contributed by atoms with E-state index in [0.29, 0.717) is 6.04 Å². The lowest BCUT2D eigenvalue weighted by atomic mass is 9.94. The minimum absolute atomic E-state index is 0.443. The summed E-state index contributed by atoms with van der Waals surface area (Å²) >= 11 is 15.4. The molecule has 0 radical (unpaired) electrons. The maximum Gasteiger partial charge on any atom is 0.0934 e. The third-order valence-corrected chi connectivity index (χ3v) is 5.81. The number of hydrogen-bond donors (Lipinski definition) is 1. The predicted molar refractivity (Wildman–Crippen MR) is 81.2 cm³/mol. The van der Waals surface area contributed by atoms with Gasteiger partial charge in [-0.15, -0.1) is 22.7 Å². The molecular weight excluding hydrogens is 305 g/mol. The Labute approximate surface area is 125 Å². The molecule has 18 heavy (non-hydrogen) atoms. The molecule has 0 aliphatic heterocycles. The number of aryl methyl sites for hydroxylation is 1. The molecule has 1 nitrogen and oxygen atoms in total. The molecule has 0 fully saturated rings. The summed E-state index contributed by atoms with van der Waals surface area (Å²) < 4.78 is 1.77. The molecule has 0 saturated carbocycles. The Bertz CT molecular complexity index is 547. The SMILES string of the molecule is Clc1ccc(CNC2CCCc3sc(Cl)cc32)s1. The van der Waals surface area contributed by atoms with Crippen molar-refractivity contribution in [2.45, 2.75) is 31.8 Å². The first-order chi connectivity index (χ1) is 8.72. The Morgan fingerprint density at radius 2 is 2.11 bits per heavy atom. The number of thiophene rings is 2. The van der Waals surface area contributed by atoms with Crippen LogP contribution in [0.2, 0.25) is 8.67 Å². The molecule has 5 heteroatoms. The van der Waals surface area contributed by atoms with E-state index in [1.807, 2.05) is 6.07 Å². The van der Waals surface area contributed by atoms with Crippen molar-refractivity contribution in [3.63, 3.8) is 0 Å². The minimum Gasteiger partial charge on any atom is -0.305 e. The van der Waals surface area contributed by atoms with Gasteiger partial charge in [-0.3, -0.25) is 0 Å². The van der Waals surface area contributed by atoms with Crippen LogP contribution in [0.15, 0.2) is 18.2 Å². The van der Waals surface area contributed by atoms with Crippen LogP contribution in [0.1, 0.15) is 34.2 Å². The maximum absolute atomic E-state index is 6.11. The largest absolute Gasteiger partial charge is 0.305 e. The summed E-state index contributed by atoms with van der Waals surface area (Å²) in [4.78, 5) is 2.74. The molecule has 0 aromatic carbocycles. The van der Waals surface area contributed by atoms with E-state index in [1.165, 1.54) is 34.6 Å². The lowest BCUT2D eigenvalue weighted by Crippen LogP contribution is -2.23. The van der Waals surface area contributed by atoms with E-state index in [4.69, 9.17) is 23.2 Å². The van der Waals surface area contributed by atoms with E-state index in [1.54, 1.807) is 22.7 Å². The molecule has 1 aliphatic carbocycles. The van der Waals surface area contributed by atoms with Crippen LogP contribution < -0.4 is 5.32 Å². The summed E-state index contributed by atoms with van der Waals surface area (Å²) in [5.41, 5.74) is 1.40. The molecule has 0 spiro atoms. The third-order valence-electron chi connectivity index (χ3n) is 3.24. The van der Waals surface area contributed by atoms with Crippen LogP contribution in [0.25, 0.3) is 0 Å². The highest BCUT2D eigenvalue weighted by Gasteiger charge is 2.22. The molecule has 0 amide bonds. The molecule has 1 N–H and O–H groups in total. The predicted octanol–water partition coefficient (Wildman–Crippen LogP) is 5.28. The summed E-state index contributed by atoms with van der Waals surface area (Å²) in [5.74, 6) is 0. The van der Waals surface area contributed by atoms with Gasteiger partial charge in [0.1, 0.15) is 0 Å². The zero-order valence-corrected chi connectivity index (χ0v) is 12.9. The topological polar surface area (TPSA) is 12.0 Å². The van der Waals surface area contributed by atoms with E-state index in [0.717, 1.165) is 15.2 Å². The quantitative estimate of drug-likeness (QED) is 0.811. The van der Waals surface area contributed by atoms with Crippen molar-refractivity contribution < 1.29 is 0 Å². The molecule has 2 heterocycles. The van der Waals surface area contributed by atoms with Crippen LogP contribution in [-0.4, -0.2) is 0 Å². The molecule has 2 aromatic heterocycles. The van der Waals surface area contributed by atoms with E-state index >= 15 is 0 Å². The van der Waals surface area contributed by atoms with E-state index in [-0.39, 0.29) is 0 Å². The Morgan fingerprint density at radius 1 is 1.22 bits per heavy atom. The lowest BCUT2D eigenvalue weighted by Gasteiger charge is -2.23. The van der Waals surface area contributed by atoms with Crippen LogP contribution in [0.3, 0.4) is 0 Å². The third kappa shape index (κ3) is 2.75. The number of hydrogen-bond acceptors (Lipinski definition) is 3. The average molecular weight is 318 g/mol. The van der Waals surface area contributed by atoms with Gasteiger partial charge in [-0.2, -0.15) is 0 Å². The van der Waals surface area contributed by atoms with Gasteiger partial charge in [-0.25, -0.2) is 0 Å². The fourth-order valence-corrected chi connectivity index (χ4v) is 4.83. The van der Waals surface area contributed by atoms with Crippen molar-refractivity contribution >= 4 is 45.9 Å². The summed E-state index contributed by atoms with van der Waals surface area (Å²) in [6.07, 6.45) is 3.61. The monoisotopic (exact) mass is 317 g/mol. The summed E-state index contributed by atoms with van der Waals surface area (Å²) in [6.45, 7) is 0.884. The Hall–Kier alpha value is -0.0600. The standard InChI is InChI=1S/C13H13Cl2NS2/c14-12-5-4-8(17-12)7-16-10-2-1-3-11-9(10)6-13(15)18-11/h4-6,10,16H,1-3,7H2. The first-order valence-corrected chi connectivity index (χ1v) is 8.37. The first kappa shape index (κ1) is 12.9. The summed E-state index contributed by atoms with van der Waals surface area (Å²) in [5, 5.41) is 3.62. The van der Waals surface area contributed by atoms with Crippen molar-refractivity contribution in [3.8, 4) is 0 Å². The number of halogens is 2. The van der Waals surface area contributed by atoms with Gasteiger partial charge in [0.15, 0.2) is 0 Å². The van der Waals surface area contributed by atoms with Gasteiger partial charge < -0.3 is 5.32 Å². The molecule has 0 saturated heterocycles. The van der Waals surface area contributed by atoms with Crippen LogP contribution in [0, 0.1) is 0 Å². The van der Waals surface area contributed by atoms with Gasteiger partial charge in [0.05, 0.1) is 8.67 Å². The lowest BCUT2D eigenvalue weighted by molar-refractivity contribution is 0.465.